The number of nitrogens with zero attached hydrogens (tertiary/aromatic N) is 4. The van der Waals surface area contributed by atoms with E-state index in [1.807, 2.05) is 0 Å². The predicted molar refractivity (Wildman–Crippen MR) is 214 cm³/mol. The second kappa shape index (κ2) is 11.0. The van der Waals surface area contributed by atoms with Crippen LogP contribution in [0.2, 0.25) is 0 Å². The molecule has 11 aromatic rings. The molecule has 0 saturated heterocycles. The Morgan fingerprint density at radius 2 is 1.02 bits per heavy atom. The van der Waals surface area contributed by atoms with Crippen LogP contribution < -0.4 is 0 Å². The lowest BCUT2D eigenvalue weighted by Crippen LogP contribution is -1.97. The van der Waals surface area contributed by atoms with Crippen LogP contribution in [0, 0.1) is 0 Å². The van der Waals surface area contributed by atoms with Crippen molar-refractivity contribution in [2.24, 2.45) is 0 Å². The minimum Gasteiger partial charge on any atom is -0.309 e. The number of thiophene rings is 1. The van der Waals surface area contributed by atoms with Gasteiger partial charge in [0.1, 0.15) is 4.83 Å². The van der Waals surface area contributed by atoms with E-state index in [1.54, 1.807) is 11.3 Å². The average molecular weight is 669 g/mol. The van der Waals surface area contributed by atoms with E-state index in [0.717, 1.165) is 44.2 Å². The summed E-state index contributed by atoms with van der Waals surface area (Å²) in [7, 11) is 0. The van der Waals surface area contributed by atoms with Crippen molar-refractivity contribution in [1.29, 1.82) is 0 Å². The second-order valence-corrected chi connectivity index (χ2v) is 14.0. The van der Waals surface area contributed by atoms with Crippen LogP contribution in [0.3, 0.4) is 0 Å². The van der Waals surface area contributed by atoms with Crippen LogP contribution in [0.1, 0.15) is 0 Å². The summed E-state index contributed by atoms with van der Waals surface area (Å²) < 4.78 is 6.04. The van der Waals surface area contributed by atoms with Crippen molar-refractivity contribution >= 4 is 75.3 Å². The molecule has 4 aromatic heterocycles. The fraction of sp³-hybridized carbons (Fsp3) is 0. The Hall–Kier alpha value is -6.56. The molecule has 7 aromatic carbocycles. The normalized spacial score (nSPS) is 11.9. The molecule has 0 aliphatic carbocycles. The van der Waals surface area contributed by atoms with Gasteiger partial charge in [-0.15, -0.1) is 11.3 Å². The van der Waals surface area contributed by atoms with E-state index in [4.69, 9.17) is 9.97 Å². The molecular weight excluding hydrogens is 641 g/mol. The third-order valence-electron chi connectivity index (χ3n) is 10.2. The van der Waals surface area contributed by atoms with Crippen LogP contribution >= 0.6 is 11.3 Å². The van der Waals surface area contributed by atoms with Gasteiger partial charge in [-0.1, -0.05) is 109 Å². The van der Waals surface area contributed by atoms with Crippen LogP contribution in [0.4, 0.5) is 0 Å². The summed E-state index contributed by atoms with van der Waals surface area (Å²) in [6, 6.07) is 60.6. The molecule has 5 heteroatoms. The number of fused-ring (bicyclic) bond motifs is 10. The number of hydrogen-bond donors (Lipinski definition) is 0. The highest BCUT2D eigenvalue weighted by molar-refractivity contribution is 7.25. The minimum absolute atomic E-state index is 0.731. The van der Waals surface area contributed by atoms with Gasteiger partial charge in [-0.05, 0) is 60.7 Å². The highest BCUT2D eigenvalue weighted by Gasteiger charge is 2.21. The summed E-state index contributed by atoms with van der Waals surface area (Å²) in [5.41, 5.74) is 10.1. The minimum atomic E-state index is 0.731. The monoisotopic (exact) mass is 668 g/mol. The van der Waals surface area contributed by atoms with E-state index < -0.39 is 0 Å². The smallest absolute Gasteiger partial charge is 0.161 e. The molecule has 0 aliphatic rings. The van der Waals surface area contributed by atoms with Gasteiger partial charge in [0.25, 0.3) is 0 Å². The second-order valence-electron chi connectivity index (χ2n) is 13.0. The molecule has 238 valence electrons. The molecule has 0 unspecified atom stereocenters. The third kappa shape index (κ3) is 4.19. The van der Waals surface area contributed by atoms with Gasteiger partial charge >= 0.3 is 0 Å². The lowest BCUT2D eigenvalue weighted by Gasteiger charge is -2.11. The third-order valence-corrected chi connectivity index (χ3v) is 11.2. The zero-order valence-corrected chi connectivity index (χ0v) is 28.2. The molecule has 0 fully saturated rings. The van der Waals surface area contributed by atoms with Crippen molar-refractivity contribution in [3.05, 3.63) is 170 Å². The quantitative estimate of drug-likeness (QED) is 0.187. The van der Waals surface area contributed by atoms with E-state index >= 15 is 0 Å². The summed E-state index contributed by atoms with van der Waals surface area (Å²) >= 11 is 1.73. The number of rotatable bonds is 4. The predicted octanol–water partition coefficient (Wildman–Crippen LogP) is 12.4. The summed E-state index contributed by atoms with van der Waals surface area (Å²) in [5.74, 6) is 0.731. The molecule has 0 spiro atoms. The Morgan fingerprint density at radius 3 is 1.80 bits per heavy atom. The first-order valence-corrected chi connectivity index (χ1v) is 18.0. The summed E-state index contributed by atoms with van der Waals surface area (Å²) in [6.07, 6.45) is 0. The molecule has 0 amide bonds. The van der Waals surface area contributed by atoms with Crippen LogP contribution in [-0.2, 0) is 0 Å². The van der Waals surface area contributed by atoms with Crippen LogP contribution in [0.25, 0.3) is 97.9 Å². The van der Waals surface area contributed by atoms with Crippen molar-refractivity contribution in [1.82, 2.24) is 19.1 Å². The molecular formula is C46H28N4S. The van der Waals surface area contributed by atoms with E-state index in [1.165, 1.54) is 53.7 Å². The number of hydrogen-bond acceptors (Lipinski definition) is 3. The molecule has 0 atom stereocenters. The topological polar surface area (TPSA) is 35.6 Å². The van der Waals surface area contributed by atoms with E-state index in [2.05, 4.69) is 179 Å². The maximum atomic E-state index is 5.25. The summed E-state index contributed by atoms with van der Waals surface area (Å²) in [4.78, 5) is 11.4. The SMILES string of the molecule is c1ccc(-c2nc(-c3ccc(-n4c5ccccc5c5ccc6c(c7ccccc7n6-c6ccccc6)c54)cc3)nc3sc4ccccc4c23)cc1. The first kappa shape index (κ1) is 28.3. The molecule has 0 bridgehead atoms. The van der Waals surface area contributed by atoms with Gasteiger partial charge in [0, 0.05) is 59.5 Å². The lowest BCUT2D eigenvalue weighted by atomic mass is 10.1. The molecule has 4 heterocycles. The van der Waals surface area contributed by atoms with E-state index in [9.17, 15) is 0 Å². The van der Waals surface area contributed by atoms with Crippen LogP contribution in [-0.4, -0.2) is 19.1 Å². The summed E-state index contributed by atoms with van der Waals surface area (Å²) in [5, 5.41) is 7.28. The van der Waals surface area contributed by atoms with E-state index in [-0.39, 0.29) is 0 Å². The van der Waals surface area contributed by atoms with Crippen molar-refractivity contribution in [2.45, 2.75) is 0 Å². The van der Waals surface area contributed by atoms with Crippen LogP contribution in [0.15, 0.2) is 170 Å². The Labute approximate surface area is 297 Å². The fourth-order valence-corrected chi connectivity index (χ4v) is 9.02. The Morgan fingerprint density at radius 1 is 0.392 bits per heavy atom. The first-order valence-electron chi connectivity index (χ1n) is 17.2. The first-order chi connectivity index (χ1) is 25.3. The van der Waals surface area contributed by atoms with Crippen molar-refractivity contribution in [2.75, 3.05) is 0 Å². The molecule has 0 aliphatic heterocycles. The Kier molecular flexibility index (Phi) is 6.09. The molecule has 0 radical (unpaired) electrons. The van der Waals surface area contributed by atoms with Gasteiger partial charge in [-0.3, -0.25) is 0 Å². The van der Waals surface area contributed by atoms with Crippen molar-refractivity contribution in [3.63, 3.8) is 0 Å². The zero-order valence-electron chi connectivity index (χ0n) is 27.4. The van der Waals surface area contributed by atoms with Gasteiger partial charge in [-0.25, -0.2) is 9.97 Å². The Bertz CT molecular complexity index is 3120. The number of para-hydroxylation sites is 3. The number of benzene rings is 7. The van der Waals surface area contributed by atoms with E-state index in [0.29, 0.717) is 0 Å². The van der Waals surface area contributed by atoms with Gasteiger partial charge in [0.2, 0.25) is 0 Å². The molecule has 51 heavy (non-hydrogen) atoms. The zero-order chi connectivity index (χ0) is 33.5. The largest absolute Gasteiger partial charge is 0.309 e. The molecule has 0 saturated carbocycles. The highest BCUT2D eigenvalue weighted by atomic mass is 32.1. The van der Waals surface area contributed by atoms with Gasteiger partial charge < -0.3 is 9.13 Å². The maximum Gasteiger partial charge on any atom is 0.161 e. The van der Waals surface area contributed by atoms with Crippen molar-refractivity contribution < 1.29 is 0 Å². The van der Waals surface area contributed by atoms with Gasteiger partial charge in [0.15, 0.2) is 5.82 Å². The molecule has 4 nitrogen and oxygen atoms in total. The standard InChI is InChI=1S/C46H28N4S/c1-3-13-29(14-4-1)43-42-36-19-9-12-22-40(36)51-46(42)48-45(47-43)30-23-25-32(26-24-30)50-37-20-10-7-17-33(37)34-27-28-39-41(44(34)50)35-18-8-11-21-38(35)49(39)31-15-5-2-6-16-31/h1-28H. The summed E-state index contributed by atoms with van der Waals surface area (Å²) in [6.45, 7) is 0. The lowest BCUT2D eigenvalue weighted by molar-refractivity contribution is 1.17. The molecule has 0 N–H and O–H groups in total. The highest BCUT2D eigenvalue weighted by Crippen LogP contribution is 2.43. The van der Waals surface area contributed by atoms with Gasteiger partial charge in [-0.2, -0.15) is 0 Å². The maximum absolute atomic E-state index is 5.25. The fourth-order valence-electron chi connectivity index (χ4n) is 7.95. The van der Waals surface area contributed by atoms with Crippen molar-refractivity contribution in [3.8, 4) is 34.0 Å². The van der Waals surface area contributed by atoms with Gasteiger partial charge in [0.05, 0.1) is 27.8 Å². The average Bonchev–Trinajstić information content (AvgIpc) is 3.86. The number of aromatic nitrogens is 4. The Balaban J connectivity index is 1.15. The molecule has 11 rings (SSSR count). The van der Waals surface area contributed by atoms with Crippen LogP contribution in [0.5, 0.6) is 0 Å².